The van der Waals surface area contributed by atoms with Crippen molar-refractivity contribution in [3.8, 4) is 0 Å². The molecule has 0 bridgehead atoms. The molecule has 0 heterocycles. The molecule has 0 aromatic heterocycles. The maximum absolute atomic E-state index is 14.5. The summed E-state index contributed by atoms with van der Waals surface area (Å²) in [6.07, 6.45) is 0.593. The Morgan fingerprint density at radius 2 is 0.920 bits per heavy atom. The largest absolute Gasteiger partial charge is 0.491 e. The summed E-state index contributed by atoms with van der Waals surface area (Å²) in [6.45, 7) is 0.907. The summed E-state index contributed by atoms with van der Waals surface area (Å²) in [4.78, 5) is 0. The van der Waals surface area contributed by atoms with Crippen LogP contribution in [0, 0.1) is 0 Å². The molecule has 0 aliphatic rings. The fourth-order valence-electron chi connectivity index (χ4n) is 5.20. The molecule has 0 saturated carbocycles. The number of aliphatic hydroxyl groups excluding tert-OH is 1. The topological polar surface area (TPSA) is 83.5 Å². The van der Waals surface area contributed by atoms with Gasteiger partial charge < -0.3 is 28.4 Å². The number of allylic oxidation sites excluding steroid dienone is 1. The quantitative estimate of drug-likeness (QED) is 0.0606. The fraction of sp³-hybridized carbons (Fsp3) is 0.238. The Balaban J connectivity index is 1.46. The lowest BCUT2D eigenvalue weighted by Crippen LogP contribution is -2.35. The summed E-state index contributed by atoms with van der Waals surface area (Å²) in [6, 6.07) is 48.7. The molecule has 0 saturated heterocycles. The Bertz CT molecular complexity index is 1670. The lowest BCUT2D eigenvalue weighted by molar-refractivity contribution is -0.0969. The normalized spacial score (nSPS) is 13.1. The first kappa shape index (κ1) is 36.9. The molecular weight excluding hydrogens is 647 g/mol. The van der Waals surface area contributed by atoms with Crippen LogP contribution in [0.3, 0.4) is 0 Å². The van der Waals surface area contributed by atoms with Crippen molar-refractivity contribution < 1.29 is 32.9 Å². The zero-order chi connectivity index (χ0) is 34.7. The Morgan fingerprint density at radius 1 is 0.540 bits per heavy atom. The second-order valence-electron chi connectivity index (χ2n) is 11.8. The molecule has 0 aliphatic heterocycles. The van der Waals surface area contributed by atoms with E-state index in [1.807, 2.05) is 152 Å². The van der Waals surface area contributed by atoms with Gasteiger partial charge in [-0.05, 0) is 40.3 Å². The van der Waals surface area contributed by atoms with Crippen LogP contribution in [-0.2, 0) is 60.9 Å². The zero-order valence-electron chi connectivity index (χ0n) is 28.2. The summed E-state index contributed by atoms with van der Waals surface area (Å²) in [5.41, 5.74) is 4.66. The summed E-state index contributed by atoms with van der Waals surface area (Å²) in [5, 5.41) is 10.2. The number of hydrogen-bond acceptors (Lipinski definition) is 7. The molecule has 260 valence electrons. The SMILES string of the molecule is O=P(C/C=C(\OCc1ccccc1)C(OCc1ccccc1)C(CCO)OCc1ccccc1)(OCc1ccccc1)OCc1ccccc1. The van der Waals surface area contributed by atoms with Crippen LogP contribution in [0.1, 0.15) is 34.2 Å². The number of benzene rings is 5. The molecule has 5 aromatic rings. The fourth-order valence-corrected chi connectivity index (χ4v) is 6.58. The van der Waals surface area contributed by atoms with Gasteiger partial charge in [0.05, 0.1) is 38.7 Å². The molecule has 1 N–H and O–H groups in total. The number of hydrogen-bond donors (Lipinski definition) is 1. The Hall–Kier alpha value is -4.33. The van der Waals surface area contributed by atoms with Crippen LogP contribution in [0.25, 0.3) is 0 Å². The third-order valence-electron chi connectivity index (χ3n) is 7.92. The molecule has 2 atom stereocenters. The van der Waals surface area contributed by atoms with E-state index in [9.17, 15) is 9.67 Å². The highest BCUT2D eigenvalue weighted by atomic mass is 31.2. The highest BCUT2D eigenvalue weighted by Gasteiger charge is 2.31. The number of aliphatic hydroxyl groups is 1. The van der Waals surface area contributed by atoms with Gasteiger partial charge in [-0.2, -0.15) is 0 Å². The van der Waals surface area contributed by atoms with Crippen LogP contribution in [0.15, 0.2) is 163 Å². The van der Waals surface area contributed by atoms with E-state index in [1.54, 1.807) is 6.08 Å². The molecule has 50 heavy (non-hydrogen) atoms. The molecule has 5 rings (SSSR count). The summed E-state index contributed by atoms with van der Waals surface area (Å²) in [7, 11) is -3.73. The van der Waals surface area contributed by atoms with Gasteiger partial charge in [0, 0.05) is 6.61 Å². The van der Waals surface area contributed by atoms with E-state index < -0.39 is 19.8 Å². The molecule has 5 aromatic carbocycles. The van der Waals surface area contributed by atoms with Gasteiger partial charge in [-0.1, -0.05) is 152 Å². The molecule has 0 aliphatic carbocycles. The lowest BCUT2D eigenvalue weighted by Gasteiger charge is -2.30. The third-order valence-corrected chi connectivity index (χ3v) is 9.59. The van der Waals surface area contributed by atoms with Gasteiger partial charge in [0.15, 0.2) is 0 Å². The Labute approximate surface area is 295 Å². The smallest absolute Gasteiger partial charge is 0.335 e. The average Bonchev–Trinajstić information content (AvgIpc) is 3.18. The van der Waals surface area contributed by atoms with E-state index in [1.165, 1.54) is 0 Å². The minimum atomic E-state index is -3.73. The first-order valence-electron chi connectivity index (χ1n) is 16.8. The van der Waals surface area contributed by atoms with Crippen LogP contribution < -0.4 is 0 Å². The average molecular weight is 693 g/mol. The van der Waals surface area contributed by atoms with E-state index in [0.29, 0.717) is 12.4 Å². The Kier molecular flexibility index (Phi) is 15.0. The van der Waals surface area contributed by atoms with Crippen molar-refractivity contribution in [3.05, 3.63) is 191 Å². The van der Waals surface area contributed by atoms with E-state index in [-0.39, 0.29) is 45.6 Å². The van der Waals surface area contributed by atoms with Gasteiger partial charge in [0.25, 0.3) is 0 Å². The van der Waals surface area contributed by atoms with Gasteiger partial charge in [0.2, 0.25) is 0 Å². The van der Waals surface area contributed by atoms with E-state index >= 15 is 0 Å². The molecule has 0 fully saturated rings. The second kappa shape index (κ2) is 20.4. The van der Waals surface area contributed by atoms with E-state index in [2.05, 4.69) is 0 Å². The van der Waals surface area contributed by atoms with Gasteiger partial charge in [-0.25, -0.2) is 0 Å². The van der Waals surface area contributed by atoms with Gasteiger partial charge in [-0.3, -0.25) is 4.57 Å². The molecule has 0 radical (unpaired) electrons. The van der Waals surface area contributed by atoms with E-state index in [0.717, 1.165) is 27.8 Å². The number of rotatable bonds is 21. The van der Waals surface area contributed by atoms with Crippen molar-refractivity contribution in [2.24, 2.45) is 0 Å². The first-order chi connectivity index (χ1) is 24.6. The van der Waals surface area contributed by atoms with Crippen LogP contribution in [0.2, 0.25) is 0 Å². The predicted octanol–water partition coefficient (Wildman–Crippen LogP) is 9.27. The van der Waals surface area contributed by atoms with Crippen molar-refractivity contribution in [2.75, 3.05) is 12.8 Å². The summed E-state index contributed by atoms with van der Waals surface area (Å²) >= 11 is 0. The van der Waals surface area contributed by atoms with E-state index in [4.69, 9.17) is 23.3 Å². The number of ether oxygens (including phenoxy) is 3. The molecule has 0 spiro atoms. The Morgan fingerprint density at radius 3 is 1.34 bits per heavy atom. The molecule has 8 heteroatoms. The maximum Gasteiger partial charge on any atom is 0.335 e. The van der Waals surface area contributed by atoms with Crippen LogP contribution >= 0.6 is 7.60 Å². The van der Waals surface area contributed by atoms with Crippen molar-refractivity contribution >= 4 is 7.60 Å². The first-order valence-corrected chi connectivity index (χ1v) is 18.6. The van der Waals surface area contributed by atoms with Crippen LogP contribution in [0.5, 0.6) is 0 Å². The molecule has 0 amide bonds. The lowest BCUT2D eigenvalue weighted by atomic mass is 10.1. The third kappa shape index (κ3) is 12.5. The molecular formula is C42H45O7P. The summed E-state index contributed by atoms with van der Waals surface area (Å²) in [5.74, 6) is 0.420. The zero-order valence-corrected chi connectivity index (χ0v) is 29.1. The van der Waals surface area contributed by atoms with Gasteiger partial charge >= 0.3 is 7.60 Å². The van der Waals surface area contributed by atoms with Crippen molar-refractivity contribution in [2.45, 2.75) is 51.7 Å². The highest BCUT2D eigenvalue weighted by molar-refractivity contribution is 7.54. The van der Waals surface area contributed by atoms with Crippen LogP contribution in [0.4, 0.5) is 0 Å². The maximum atomic E-state index is 14.5. The standard InChI is InChI=1S/C42H45O7P/c43-28-26-40(45-30-35-16-6-1-7-17-35)42(47-32-37-20-10-3-11-21-37)41(46-31-36-18-8-2-9-19-36)27-29-50(44,48-33-38-22-12-4-13-23-38)49-34-39-24-14-5-15-25-39/h1-25,27,40,42-43H,26,28-34H2/b41-27-. The minimum Gasteiger partial charge on any atom is -0.491 e. The molecule has 7 nitrogen and oxygen atoms in total. The second-order valence-corrected chi connectivity index (χ2v) is 13.9. The van der Waals surface area contributed by atoms with Crippen molar-refractivity contribution in [1.82, 2.24) is 0 Å². The molecule has 2 unspecified atom stereocenters. The predicted molar refractivity (Wildman–Crippen MR) is 196 cm³/mol. The van der Waals surface area contributed by atoms with Crippen LogP contribution in [-0.4, -0.2) is 30.1 Å². The monoisotopic (exact) mass is 692 g/mol. The van der Waals surface area contributed by atoms with Gasteiger partial charge in [0.1, 0.15) is 18.5 Å². The highest BCUT2D eigenvalue weighted by Crippen LogP contribution is 2.50. The van der Waals surface area contributed by atoms with Gasteiger partial charge in [-0.15, -0.1) is 0 Å². The van der Waals surface area contributed by atoms with Crippen molar-refractivity contribution in [1.29, 1.82) is 0 Å². The summed E-state index contributed by atoms with van der Waals surface area (Å²) < 4.78 is 46.3. The minimum absolute atomic E-state index is 0.0769. The van der Waals surface area contributed by atoms with Crippen molar-refractivity contribution in [3.63, 3.8) is 0 Å².